The van der Waals surface area contributed by atoms with Crippen LogP contribution < -0.4 is 5.73 Å². The van der Waals surface area contributed by atoms with E-state index in [2.05, 4.69) is 20.0 Å². The molecule has 1 atom stereocenters. The quantitative estimate of drug-likeness (QED) is 0.854. The molecule has 0 spiro atoms. The number of aliphatic imine (C=N–C) groups is 4. The first-order valence-corrected chi connectivity index (χ1v) is 5.33. The monoisotopic (exact) mass is 261 g/mol. The summed E-state index contributed by atoms with van der Waals surface area (Å²) in [5.41, 5.74) is 7.19. The SMILES string of the molecule is Cl.NC1(Cc2ccccc2)N=CN=C2N=CN=C21. The van der Waals surface area contributed by atoms with E-state index in [0.29, 0.717) is 18.0 Å². The molecule has 1 aromatic carbocycles. The number of hydrogen-bond donors (Lipinski definition) is 1. The Bertz CT molecular complexity index is 561. The topological polar surface area (TPSA) is 75.5 Å². The molecule has 5 nitrogen and oxygen atoms in total. The molecule has 0 aliphatic carbocycles. The fourth-order valence-electron chi connectivity index (χ4n) is 1.94. The van der Waals surface area contributed by atoms with Crippen LogP contribution in [0.1, 0.15) is 5.56 Å². The Hall–Kier alpha value is -1.85. The van der Waals surface area contributed by atoms with Crippen molar-refractivity contribution < 1.29 is 0 Å². The molecule has 6 heteroatoms. The molecule has 2 N–H and O–H groups in total. The van der Waals surface area contributed by atoms with E-state index in [0.717, 1.165) is 5.56 Å². The van der Waals surface area contributed by atoms with Crippen molar-refractivity contribution in [3.05, 3.63) is 35.9 Å². The Balaban J connectivity index is 0.00000120. The van der Waals surface area contributed by atoms with Gasteiger partial charge in [-0.1, -0.05) is 30.3 Å². The molecule has 2 aliphatic rings. The summed E-state index contributed by atoms with van der Waals surface area (Å²) in [6.07, 6.45) is 3.51. The fourth-order valence-corrected chi connectivity index (χ4v) is 1.94. The Labute approximate surface area is 111 Å². The predicted octanol–water partition coefficient (Wildman–Crippen LogP) is 1.23. The van der Waals surface area contributed by atoms with Gasteiger partial charge >= 0.3 is 0 Å². The molecule has 0 amide bonds. The Morgan fingerprint density at radius 3 is 2.61 bits per heavy atom. The summed E-state index contributed by atoms with van der Waals surface area (Å²) in [5, 5.41) is 0. The molecule has 18 heavy (non-hydrogen) atoms. The van der Waals surface area contributed by atoms with Gasteiger partial charge in [-0.25, -0.2) is 20.0 Å². The third kappa shape index (κ3) is 2.10. The van der Waals surface area contributed by atoms with E-state index < -0.39 is 5.66 Å². The van der Waals surface area contributed by atoms with E-state index in [1.807, 2.05) is 30.3 Å². The highest BCUT2D eigenvalue weighted by molar-refractivity contribution is 6.50. The van der Waals surface area contributed by atoms with E-state index in [-0.39, 0.29) is 12.4 Å². The number of halogens is 1. The van der Waals surface area contributed by atoms with E-state index in [1.165, 1.54) is 12.7 Å². The van der Waals surface area contributed by atoms with Crippen LogP contribution in [0.4, 0.5) is 0 Å². The number of fused-ring (bicyclic) bond motifs is 1. The molecule has 0 saturated carbocycles. The van der Waals surface area contributed by atoms with Gasteiger partial charge in [-0.2, -0.15) is 0 Å². The van der Waals surface area contributed by atoms with Crippen LogP contribution in [-0.4, -0.2) is 29.9 Å². The van der Waals surface area contributed by atoms with E-state index in [4.69, 9.17) is 5.73 Å². The molecule has 0 aromatic heterocycles. The van der Waals surface area contributed by atoms with Gasteiger partial charge in [-0.05, 0) is 5.56 Å². The second kappa shape index (κ2) is 4.80. The first-order valence-electron chi connectivity index (χ1n) is 5.33. The summed E-state index contributed by atoms with van der Waals surface area (Å²) in [4.78, 5) is 16.5. The summed E-state index contributed by atoms with van der Waals surface area (Å²) in [6.45, 7) is 0. The van der Waals surface area contributed by atoms with Gasteiger partial charge in [0.25, 0.3) is 0 Å². The lowest BCUT2D eigenvalue weighted by Crippen LogP contribution is -2.52. The van der Waals surface area contributed by atoms with Crippen LogP contribution in [0.3, 0.4) is 0 Å². The van der Waals surface area contributed by atoms with E-state index in [1.54, 1.807) is 0 Å². The minimum Gasteiger partial charge on any atom is -0.302 e. The first-order chi connectivity index (χ1) is 8.28. The zero-order chi connectivity index (χ0) is 11.7. The molecule has 0 bridgehead atoms. The maximum Gasteiger partial charge on any atom is 0.180 e. The first kappa shape index (κ1) is 12.6. The summed E-state index contributed by atoms with van der Waals surface area (Å²) in [5.74, 6) is 0.568. The average Bonchev–Trinajstić information content (AvgIpc) is 2.80. The highest BCUT2D eigenvalue weighted by Gasteiger charge is 2.37. The lowest BCUT2D eigenvalue weighted by Gasteiger charge is -2.26. The lowest BCUT2D eigenvalue weighted by atomic mass is 9.95. The van der Waals surface area contributed by atoms with Gasteiger partial charge in [0.1, 0.15) is 18.4 Å². The number of rotatable bonds is 2. The molecule has 0 radical (unpaired) electrons. The van der Waals surface area contributed by atoms with Crippen LogP contribution in [0.15, 0.2) is 50.3 Å². The molecule has 3 rings (SSSR count). The summed E-state index contributed by atoms with van der Waals surface area (Å²) in [7, 11) is 0. The van der Waals surface area contributed by atoms with Crippen LogP contribution in [0.5, 0.6) is 0 Å². The molecule has 2 heterocycles. The zero-order valence-electron chi connectivity index (χ0n) is 9.52. The van der Waals surface area contributed by atoms with Crippen molar-refractivity contribution in [3.63, 3.8) is 0 Å². The van der Waals surface area contributed by atoms with Gasteiger partial charge in [0, 0.05) is 6.42 Å². The Morgan fingerprint density at radius 1 is 1.06 bits per heavy atom. The van der Waals surface area contributed by atoms with Crippen LogP contribution in [0.2, 0.25) is 0 Å². The zero-order valence-corrected chi connectivity index (χ0v) is 10.3. The standard InChI is InChI=1S/C12H11N5.ClH/c13-12(6-9-4-2-1-3-5-9)10-11(15-7-14-10)16-8-17-12;/h1-5,7-8H,6,13H2;1H. The second-order valence-electron chi connectivity index (χ2n) is 4.01. The van der Waals surface area contributed by atoms with Gasteiger partial charge < -0.3 is 5.73 Å². The van der Waals surface area contributed by atoms with E-state index in [9.17, 15) is 0 Å². The predicted molar refractivity (Wildman–Crippen MR) is 76.2 cm³/mol. The number of nitrogens with two attached hydrogens (primary N) is 1. The molecule has 1 aromatic rings. The van der Waals surface area contributed by atoms with Crippen molar-refractivity contribution in [3.8, 4) is 0 Å². The van der Waals surface area contributed by atoms with Crippen molar-refractivity contribution in [1.29, 1.82) is 0 Å². The van der Waals surface area contributed by atoms with Gasteiger partial charge in [0.2, 0.25) is 0 Å². The van der Waals surface area contributed by atoms with Crippen LogP contribution >= 0.6 is 12.4 Å². The minimum absolute atomic E-state index is 0. The van der Waals surface area contributed by atoms with Crippen molar-refractivity contribution in [1.82, 2.24) is 0 Å². The highest BCUT2D eigenvalue weighted by Crippen LogP contribution is 2.20. The smallest absolute Gasteiger partial charge is 0.180 e. The summed E-state index contributed by atoms with van der Waals surface area (Å²) in [6, 6.07) is 9.97. The van der Waals surface area contributed by atoms with Crippen molar-refractivity contribution >= 4 is 36.6 Å². The highest BCUT2D eigenvalue weighted by atomic mass is 35.5. The molecule has 2 aliphatic heterocycles. The Kier molecular flexibility index (Phi) is 3.36. The van der Waals surface area contributed by atoms with E-state index >= 15 is 0 Å². The molecular weight excluding hydrogens is 250 g/mol. The summed E-state index contributed by atoms with van der Waals surface area (Å²) < 4.78 is 0. The number of benzene rings is 1. The second-order valence-corrected chi connectivity index (χ2v) is 4.01. The number of hydrogen-bond acceptors (Lipinski definition) is 5. The fraction of sp³-hybridized carbons (Fsp3) is 0.167. The van der Waals surface area contributed by atoms with Crippen molar-refractivity contribution in [2.24, 2.45) is 25.7 Å². The van der Waals surface area contributed by atoms with Gasteiger partial charge in [0.15, 0.2) is 11.5 Å². The number of amidine groups is 1. The van der Waals surface area contributed by atoms with Crippen molar-refractivity contribution in [2.75, 3.05) is 0 Å². The lowest BCUT2D eigenvalue weighted by molar-refractivity contribution is 0.597. The van der Waals surface area contributed by atoms with Crippen LogP contribution in [0, 0.1) is 0 Å². The third-order valence-corrected chi connectivity index (χ3v) is 2.77. The Morgan fingerprint density at radius 2 is 1.83 bits per heavy atom. The normalized spacial score (nSPS) is 24.1. The molecule has 92 valence electrons. The molecule has 0 saturated heterocycles. The van der Waals surface area contributed by atoms with Gasteiger partial charge in [-0.3, -0.25) is 0 Å². The molecule has 1 unspecified atom stereocenters. The summed E-state index contributed by atoms with van der Waals surface area (Å²) >= 11 is 0. The van der Waals surface area contributed by atoms with Crippen molar-refractivity contribution in [2.45, 2.75) is 12.1 Å². The van der Waals surface area contributed by atoms with Crippen LogP contribution in [-0.2, 0) is 6.42 Å². The van der Waals surface area contributed by atoms with Crippen LogP contribution in [0.25, 0.3) is 0 Å². The largest absolute Gasteiger partial charge is 0.302 e. The minimum atomic E-state index is -0.852. The molecular formula is C12H12ClN5. The number of nitrogens with zero attached hydrogens (tertiary/aromatic N) is 4. The maximum absolute atomic E-state index is 6.29. The molecule has 0 fully saturated rings. The maximum atomic E-state index is 6.29. The van der Waals surface area contributed by atoms with Gasteiger partial charge in [0.05, 0.1) is 0 Å². The average molecular weight is 262 g/mol. The van der Waals surface area contributed by atoms with Gasteiger partial charge in [-0.15, -0.1) is 12.4 Å². The third-order valence-electron chi connectivity index (χ3n) is 2.77.